The highest BCUT2D eigenvalue weighted by Crippen LogP contribution is 2.25. The molecule has 1 aliphatic rings. The summed E-state index contributed by atoms with van der Waals surface area (Å²) in [5, 5.41) is 3.96. The summed E-state index contributed by atoms with van der Waals surface area (Å²) >= 11 is 11.8. The molecule has 0 radical (unpaired) electrons. The quantitative estimate of drug-likeness (QED) is 0.861. The normalized spacial score (nSPS) is 15.5. The van der Waals surface area contributed by atoms with Crippen LogP contribution in [0.5, 0.6) is 0 Å². The number of anilines is 1. The van der Waals surface area contributed by atoms with Crippen LogP contribution in [0.25, 0.3) is 0 Å². The van der Waals surface area contributed by atoms with Crippen LogP contribution in [-0.4, -0.2) is 23.4 Å². The van der Waals surface area contributed by atoms with Crippen molar-refractivity contribution < 1.29 is 9.59 Å². The fraction of sp³-hybridized carbons (Fsp3) is 0.273. The first-order chi connectivity index (χ1) is 8.08. The van der Waals surface area contributed by atoms with Crippen molar-refractivity contribution in [2.75, 3.05) is 12.0 Å². The van der Waals surface area contributed by atoms with Gasteiger partial charge in [0.1, 0.15) is 0 Å². The molecule has 0 bridgehead atoms. The molecule has 1 N–H and O–H groups in total. The topological polar surface area (TPSA) is 49.4 Å². The molecule has 2 amide bonds. The van der Waals surface area contributed by atoms with E-state index in [9.17, 15) is 9.59 Å². The molecule has 6 heteroatoms. The van der Waals surface area contributed by atoms with Crippen LogP contribution in [0.2, 0.25) is 10.0 Å². The number of nitrogens with zero attached hydrogens (tertiary/aromatic N) is 1. The van der Waals surface area contributed by atoms with Crippen molar-refractivity contribution in [3.8, 4) is 0 Å². The third-order valence-corrected chi connectivity index (χ3v) is 3.08. The van der Waals surface area contributed by atoms with E-state index in [0.717, 1.165) is 0 Å². The molecule has 17 heavy (non-hydrogen) atoms. The smallest absolute Gasteiger partial charge is 0.231 e. The highest BCUT2D eigenvalue weighted by Gasteiger charge is 2.28. The summed E-state index contributed by atoms with van der Waals surface area (Å²) in [4.78, 5) is 23.9. The Morgan fingerprint density at radius 2 is 1.82 bits per heavy atom. The van der Waals surface area contributed by atoms with Crippen molar-refractivity contribution >= 4 is 40.7 Å². The van der Waals surface area contributed by atoms with Crippen LogP contribution in [0, 0.1) is 0 Å². The van der Waals surface area contributed by atoms with Crippen molar-refractivity contribution in [1.82, 2.24) is 4.90 Å². The van der Waals surface area contributed by atoms with Gasteiger partial charge in [-0.3, -0.25) is 14.5 Å². The van der Waals surface area contributed by atoms with E-state index in [1.54, 1.807) is 18.2 Å². The Kier molecular flexibility index (Phi) is 3.54. The van der Waals surface area contributed by atoms with E-state index in [1.807, 2.05) is 0 Å². The molecular weight excluding hydrogens is 263 g/mol. The summed E-state index contributed by atoms with van der Waals surface area (Å²) in [6.07, 6.45) is 0.563. The molecule has 1 aromatic rings. The number of carbonyl (C=O) groups is 2. The highest BCUT2D eigenvalue weighted by molar-refractivity contribution is 6.35. The number of hydrogen-bond acceptors (Lipinski definition) is 3. The van der Waals surface area contributed by atoms with Crippen molar-refractivity contribution in [2.45, 2.75) is 12.8 Å². The minimum Gasteiger partial charge on any atom is -0.366 e. The lowest BCUT2D eigenvalue weighted by Gasteiger charge is -2.16. The van der Waals surface area contributed by atoms with Gasteiger partial charge in [0.2, 0.25) is 11.8 Å². The Balaban J connectivity index is 2.04. The SMILES string of the molecule is O=C1CCC(=O)N1CNc1cc(Cl)ccc1Cl. The minimum atomic E-state index is -0.166. The van der Waals surface area contributed by atoms with E-state index in [2.05, 4.69) is 5.32 Å². The van der Waals surface area contributed by atoms with Crippen molar-refractivity contribution in [1.29, 1.82) is 0 Å². The van der Waals surface area contributed by atoms with Crippen LogP contribution in [0.15, 0.2) is 18.2 Å². The van der Waals surface area contributed by atoms with Crippen LogP contribution in [0.4, 0.5) is 5.69 Å². The number of carbonyl (C=O) groups excluding carboxylic acids is 2. The molecule has 1 aliphatic heterocycles. The summed E-state index contributed by atoms with van der Waals surface area (Å²) in [5.74, 6) is -0.332. The average Bonchev–Trinajstić information content (AvgIpc) is 2.61. The number of halogens is 2. The molecule has 0 spiro atoms. The Morgan fingerprint density at radius 1 is 1.18 bits per heavy atom. The number of rotatable bonds is 3. The van der Waals surface area contributed by atoms with Gasteiger partial charge < -0.3 is 5.32 Å². The fourth-order valence-electron chi connectivity index (χ4n) is 1.60. The molecule has 2 rings (SSSR count). The van der Waals surface area contributed by atoms with Gasteiger partial charge in [-0.05, 0) is 18.2 Å². The van der Waals surface area contributed by atoms with Crippen LogP contribution in [0.3, 0.4) is 0 Å². The first-order valence-electron chi connectivity index (χ1n) is 5.10. The molecular formula is C11H10Cl2N2O2. The van der Waals surface area contributed by atoms with E-state index in [1.165, 1.54) is 4.90 Å². The fourth-order valence-corrected chi connectivity index (χ4v) is 1.95. The summed E-state index contributed by atoms with van der Waals surface area (Å²) in [5.41, 5.74) is 0.603. The van der Waals surface area contributed by atoms with Crippen LogP contribution in [-0.2, 0) is 9.59 Å². The van der Waals surface area contributed by atoms with Gasteiger partial charge in [-0.2, -0.15) is 0 Å². The maximum Gasteiger partial charge on any atom is 0.231 e. The number of nitrogens with one attached hydrogen (secondary N) is 1. The first-order valence-corrected chi connectivity index (χ1v) is 5.85. The van der Waals surface area contributed by atoms with Crippen molar-refractivity contribution in [3.63, 3.8) is 0 Å². The van der Waals surface area contributed by atoms with Gasteiger partial charge in [0.05, 0.1) is 17.4 Å². The Hall–Kier alpha value is -1.26. The number of amides is 2. The molecule has 4 nitrogen and oxygen atoms in total. The predicted octanol–water partition coefficient (Wildman–Crippen LogP) is 2.51. The van der Waals surface area contributed by atoms with Gasteiger partial charge >= 0.3 is 0 Å². The minimum absolute atomic E-state index is 0.123. The van der Waals surface area contributed by atoms with E-state index in [0.29, 0.717) is 15.7 Å². The van der Waals surface area contributed by atoms with E-state index in [4.69, 9.17) is 23.2 Å². The zero-order valence-corrected chi connectivity index (χ0v) is 10.4. The predicted molar refractivity (Wildman–Crippen MR) is 66.0 cm³/mol. The molecule has 0 unspecified atom stereocenters. The van der Waals surface area contributed by atoms with Gasteiger partial charge in [0, 0.05) is 17.9 Å². The zero-order chi connectivity index (χ0) is 12.4. The van der Waals surface area contributed by atoms with Gasteiger partial charge in [-0.15, -0.1) is 0 Å². The standard InChI is InChI=1S/C11H10Cl2N2O2/c12-7-1-2-8(13)9(5-7)14-6-15-10(16)3-4-11(15)17/h1-2,5,14H,3-4,6H2. The van der Waals surface area contributed by atoms with E-state index in [-0.39, 0.29) is 31.3 Å². The molecule has 1 saturated heterocycles. The van der Waals surface area contributed by atoms with E-state index < -0.39 is 0 Å². The molecule has 0 aromatic heterocycles. The second-order valence-corrected chi connectivity index (χ2v) is 4.52. The summed E-state index contributed by atoms with van der Waals surface area (Å²) < 4.78 is 0. The Morgan fingerprint density at radius 3 is 2.47 bits per heavy atom. The summed E-state index contributed by atoms with van der Waals surface area (Å²) in [6, 6.07) is 4.97. The van der Waals surface area contributed by atoms with Gasteiger partial charge in [0.15, 0.2) is 0 Å². The molecule has 1 aromatic carbocycles. The van der Waals surface area contributed by atoms with Crippen LogP contribution >= 0.6 is 23.2 Å². The number of hydrogen-bond donors (Lipinski definition) is 1. The summed E-state index contributed by atoms with van der Waals surface area (Å²) in [7, 11) is 0. The molecule has 0 aliphatic carbocycles. The van der Waals surface area contributed by atoms with Gasteiger partial charge in [0.25, 0.3) is 0 Å². The van der Waals surface area contributed by atoms with E-state index >= 15 is 0 Å². The van der Waals surface area contributed by atoms with Gasteiger partial charge in [-0.25, -0.2) is 0 Å². The second-order valence-electron chi connectivity index (χ2n) is 3.67. The number of imide groups is 1. The largest absolute Gasteiger partial charge is 0.366 e. The molecule has 0 saturated carbocycles. The van der Waals surface area contributed by atoms with Crippen molar-refractivity contribution in [2.24, 2.45) is 0 Å². The Labute approximate surface area is 108 Å². The van der Waals surface area contributed by atoms with Crippen LogP contribution < -0.4 is 5.32 Å². The maximum absolute atomic E-state index is 11.4. The Bertz CT molecular complexity index is 461. The average molecular weight is 273 g/mol. The number of benzene rings is 1. The molecule has 1 heterocycles. The highest BCUT2D eigenvalue weighted by atomic mass is 35.5. The molecule has 1 fully saturated rings. The van der Waals surface area contributed by atoms with Gasteiger partial charge in [-0.1, -0.05) is 23.2 Å². The lowest BCUT2D eigenvalue weighted by atomic mass is 10.3. The summed E-state index contributed by atoms with van der Waals surface area (Å²) in [6.45, 7) is 0.123. The van der Waals surface area contributed by atoms with Crippen molar-refractivity contribution in [3.05, 3.63) is 28.2 Å². The monoisotopic (exact) mass is 272 g/mol. The molecule has 90 valence electrons. The molecule has 0 atom stereocenters. The third kappa shape index (κ3) is 2.70. The number of likely N-dealkylation sites (tertiary alicyclic amines) is 1. The lowest BCUT2D eigenvalue weighted by Crippen LogP contribution is -2.33. The lowest BCUT2D eigenvalue weighted by molar-refractivity contribution is -0.137. The first kappa shape index (κ1) is 12.2. The second kappa shape index (κ2) is 4.94. The third-order valence-electron chi connectivity index (χ3n) is 2.51. The zero-order valence-electron chi connectivity index (χ0n) is 8.87. The maximum atomic E-state index is 11.4. The van der Waals surface area contributed by atoms with Crippen LogP contribution in [0.1, 0.15) is 12.8 Å².